The number of hydrogen-bond acceptors (Lipinski definition) is 7. The molecule has 1 atom stereocenters. The van der Waals surface area contributed by atoms with Gasteiger partial charge in [-0.25, -0.2) is 5.43 Å². The highest BCUT2D eigenvalue weighted by Gasteiger charge is 2.33. The zero-order valence-electron chi connectivity index (χ0n) is 19.7. The van der Waals surface area contributed by atoms with E-state index in [1.807, 2.05) is 0 Å². The summed E-state index contributed by atoms with van der Waals surface area (Å²) in [6.45, 7) is 6.30. The quantitative estimate of drug-likeness (QED) is 0.448. The normalized spacial score (nSPS) is 21.1. The van der Waals surface area contributed by atoms with Crippen molar-refractivity contribution in [1.29, 1.82) is 0 Å². The summed E-state index contributed by atoms with van der Waals surface area (Å²) in [7, 11) is 3.48. The van der Waals surface area contributed by atoms with Crippen molar-refractivity contribution in [3.05, 3.63) is 40.6 Å². The minimum atomic E-state index is -0.483. The lowest BCUT2D eigenvalue weighted by atomic mass is 9.97. The van der Waals surface area contributed by atoms with Gasteiger partial charge in [-0.3, -0.25) is 14.7 Å². The largest absolute Gasteiger partial charge is 0.383 e. The maximum absolute atomic E-state index is 12.2. The van der Waals surface area contributed by atoms with E-state index < -0.39 is 5.92 Å². The highest BCUT2D eigenvalue weighted by atomic mass is 16.5. The first kappa shape index (κ1) is 23.4. The van der Waals surface area contributed by atoms with E-state index in [1.54, 1.807) is 32.8 Å². The van der Waals surface area contributed by atoms with Crippen LogP contribution in [0, 0.1) is 12.8 Å². The van der Waals surface area contributed by atoms with Crippen molar-refractivity contribution in [2.45, 2.75) is 32.1 Å². The first-order valence-electron chi connectivity index (χ1n) is 11.6. The average Bonchev–Trinajstić information content (AvgIpc) is 3.49. The topological polar surface area (TPSA) is 103 Å². The number of aromatic amines is 1. The molecule has 1 unspecified atom stereocenters. The van der Waals surface area contributed by atoms with Crippen LogP contribution in [0.5, 0.6) is 0 Å². The molecule has 0 spiro atoms. The molecule has 33 heavy (non-hydrogen) atoms. The molecule has 0 bridgehead atoms. The molecule has 178 valence electrons. The van der Waals surface area contributed by atoms with Crippen molar-refractivity contribution >= 4 is 23.9 Å². The van der Waals surface area contributed by atoms with E-state index >= 15 is 0 Å². The van der Waals surface area contributed by atoms with E-state index in [0.29, 0.717) is 24.8 Å². The van der Waals surface area contributed by atoms with Crippen molar-refractivity contribution in [1.82, 2.24) is 20.6 Å². The van der Waals surface area contributed by atoms with Gasteiger partial charge in [0.05, 0.1) is 24.6 Å². The average molecular weight is 455 g/mol. The summed E-state index contributed by atoms with van der Waals surface area (Å²) in [5.74, 6) is -0.0578. The summed E-state index contributed by atoms with van der Waals surface area (Å²) in [5, 5.41) is 7.18. The molecule has 1 saturated carbocycles. The summed E-state index contributed by atoms with van der Waals surface area (Å²) >= 11 is 0. The summed E-state index contributed by atoms with van der Waals surface area (Å²) in [5.41, 5.74) is 9.10. The van der Waals surface area contributed by atoms with Crippen molar-refractivity contribution in [3.8, 4) is 0 Å². The second-order valence-corrected chi connectivity index (χ2v) is 8.67. The molecule has 3 aliphatic rings. The third kappa shape index (κ3) is 5.61. The number of ether oxygens (including phenoxy) is 2. The maximum Gasteiger partial charge on any atom is 0.254 e. The first-order valence-corrected chi connectivity index (χ1v) is 11.6. The summed E-state index contributed by atoms with van der Waals surface area (Å²) < 4.78 is 10.6. The number of aromatic nitrogens is 1. The molecule has 0 saturated heterocycles. The zero-order valence-corrected chi connectivity index (χ0v) is 19.7. The number of methoxy groups -OCH3 is 2. The number of hydrazone groups is 1. The number of nitrogens with one attached hydrogen (secondary N) is 3. The summed E-state index contributed by atoms with van der Waals surface area (Å²) in [4.78, 5) is 22.7. The lowest BCUT2D eigenvalue weighted by molar-refractivity contribution is -0.120. The second kappa shape index (κ2) is 10.9. The van der Waals surface area contributed by atoms with E-state index in [0.717, 1.165) is 37.4 Å². The van der Waals surface area contributed by atoms with Gasteiger partial charge in [0, 0.05) is 63.9 Å². The van der Waals surface area contributed by atoms with Crippen LogP contribution in [0.25, 0.3) is 6.08 Å². The van der Waals surface area contributed by atoms with Crippen LogP contribution >= 0.6 is 0 Å². The number of nitrogens with zero attached hydrogens (tertiary/aromatic N) is 3. The summed E-state index contributed by atoms with van der Waals surface area (Å²) in [6.07, 6.45) is 10.6. The third-order valence-electron chi connectivity index (χ3n) is 6.34. The van der Waals surface area contributed by atoms with Crippen LogP contribution in [0.1, 0.15) is 41.3 Å². The Hall–Kier alpha value is -2.75. The standard InChI is InChI=1S/C24H34N6O3/c1-16-18(6-9-30(10-12-32-2)11-13-33-3)22(17-4-5-17)20(28-16)14-21-23(26-8-7-25-21)19-15-27-29-24(19)31/h7-8,14-15,17,19,25,28H,4-6,9-13H2,1-3H3,(H,29,31). The molecule has 0 radical (unpaired) electrons. The van der Waals surface area contributed by atoms with E-state index in [9.17, 15) is 4.79 Å². The van der Waals surface area contributed by atoms with Gasteiger partial charge < -0.3 is 19.8 Å². The molecule has 2 aliphatic heterocycles. The molecule has 1 amide bonds. The highest BCUT2D eigenvalue weighted by Crippen LogP contribution is 2.45. The molecule has 1 aliphatic carbocycles. The predicted molar refractivity (Wildman–Crippen MR) is 129 cm³/mol. The van der Waals surface area contributed by atoms with Gasteiger partial charge in [-0.15, -0.1) is 0 Å². The van der Waals surface area contributed by atoms with Gasteiger partial charge >= 0.3 is 0 Å². The van der Waals surface area contributed by atoms with Crippen molar-refractivity contribution in [2.75, 3.05) is 47.1 Å². The number of allylic oxidation sites excluding steroid dienone is 1. The molecule has 1 fully saturated rings. The Morgan fingerprint density at radius 3 is 2.58 bits per heavy atom. The molecule has 1 aromatic rings. The summed E-state index contributed by atoms with van der Waals surface area (Å²) in [6, 6.07) is 0. The molecule has 1 aromatic heterocycles. The lowest BCUT2D eigenvalue weighted by Crippen LogP contribution is -2.33. The second-order valence-electron chi connectivity index (χ2n) is 8.67. The molecular weight excluding hydrogens is 420 g/mol. The van der Waals surface area contributed by atoms with Crippen LogP contribution in [0.2, 0.25) is 0 Å². The minimum Gasteiger partial charge on any atom is -0.383 e. The Balaban J connectivity index is 1.57. The van der Waals surface area contributed by atoms with Crippen LogP contribution in [0.4, 0.5) is 0 Å². The fourth-order valence-electron chi connectivity index (χ4n) is 4.43. The van der Waals surface area contributed by atoms with Gasteiger partial charge in [-0.2, -0.15) is 5.10 Å². The number of aryl methyl sites for hydroxylation is 1. The molecular formula is C24H34N6O3. The molecule has 9 heteroatoms. The van der Waals surface area contributed by atoms with E-state index in [2.05, 4.69) is 43.7 Å². The van der Waals surface area contributed by atoms with Gasteiger partial charge in [-0.1, -0.05) is 0 Å². The maximum atomic E-state index is 12.2. The Morgan fingerprint density at radius 1 is 1.18 bits per heavy atom. The van der Waals surface area contributed by atoms with Crippen molar-refractivity contribution in [2.24, 2.45) is 16.0 Å². The Labute approximate surface area is 195 Å². The van der Waals surface area contributed by atoms with E-state index in [-0.39, 0.29) is 5.91 Å². The highest BCUT2D eigenvalue weighted by molar-refractivity contribution is 6.24. The molecule has 9 nitrogen and oxygen atoms in total. The predicted octanol–water partition coefficient (Wildman–Crippen LogP) is 1.93. The molecule has 3 N–H and O–H groups in total. The number of amides is 1. The fourth-order valence-corrected chi connectivity index (χ4v) is 4.43. The Kier molecular flexibility index (Phi) is 7.74. The molecule has 4 rings (SSSR count). The smallest absolute Gasteiger partial charge is 0.254 e. The van der Waals surface area contributed by atoms with Crippen LogP contribution in [-0.2, 0) is 20.7 Å². The Bertz CT molecular complexity index is 965. The van der Waals surface area contributed by atoms with Gasteiger partial charge in [0.25, 0.3) is 5.91 Å². The monoisotopic (exact) mass is 454 g/mol. The van der Waals surface area contributed by atoms with Gasteiger partial charge in [0.15, 0.2) is 0 Å². The number of hydrogen-bond donors (Lipinski definition) is 3. The number of aliphatic imine (C=N–C) groups is 1. The third-order valence-corrected chi connectivity index (χ3v) is 6.34. The number of H-pyrrole nitrogens is 1. The number of rotatable bonds is 12. The zero-order chi connectivity index (χ0) is 23.2. The SMILES string of the molecule is COCCN(CCOC)CCc1c(C)[nH]c(C=C2NC=CN=C2C2C=NNC2=O)c1C1CC1. The van der Waals surface area contributed by atoms with Crippen LogP contribution < -0.4 is 10.7 Å². The van der Waals surface area contributed by atoms with E-state index in [1.165, 1.54) is 29.7 Å². The van der Waals surface area contributed by atoms with Crippen LogP contribution in [0.15, 0.2) is 28.2 Å². The number of carbonyl (C=O) groups excluding carboxylic acids is 1. The first-order chi connectivity index (χ1) is 16.1. The van der Waals surface area contributed by atoms with Gasteiger partial charge in [0.1, 0.15) is 5.92 Å². The van der Waals surface area contributed by atoms with Crippen LogP contribution in [0.3, 0.4) is 0 Å². The van der Waals surface area contributed by atoms with Crippen molar-refractivity contribution < 1.29 is 14.3 Å². The molecule has 3 heterocycles. The molecule has 0 aromatic carbocycles. The fraction of sp³-hybridized carbons (Fsp3) is 0.542. The van der Waals surface area contributed by atoms with Gasteiger partial charge in [-0.05, 0) is 49.3 Å². The van der Waals surface area contributed by atoms with E-state index in [4.69, 9.17) is 9.47 Å². The van der Waals surface area contributed by atoms with Crippen molar-refractivity contribution in [3.63, 3.8) is 0 Å². The van der Waals surface area contributed by atoms with Gasteiger partial charge in [0.2, 0.25) is 0 Å². The number of carbonyl (C=O) groups is 1. The van der Waals surface area contributed by atoms with Crippen LogP contribution in [-0.4, -0.2) is 74.8 Å². The lowest BCUT2D eigenvalue weighted by Gasteiger charge is -2.22. The Morgan fingerprint density at radius 2 is 1.94 bits per heavy atom. The minimum absolute atomic E-state index is 0.158.